The van der Waals surface area contributed by atoms with E-state index in [0.29, 0.717) is 60.3 Å². The van der Waals surface area contributed by atoms with Gasteiger partial charge in [-0.2, -0.15) is 0 Å². The number of rotatable bonds is 4. The summed E-state index contributed by atoms with van der Waals surface area (Å²) in [4.78, 5) is 32.1. The van der Waals surface area contributed by atoms with Crippen LogP contribution in [-0.2, 0) is 4.74 Å². The highest BCUT2D eigenvalue weighted by Crippen LogP contribution is 2.27. The van der Waals surface area contributed by atoms with E-state index in [4.69, 9.17) is 16.3 Å². The van der Waals surface area contributed by atoms with Gasteiger partial charge in [0.05, 0.1) is 22.9 Å². The first kappa shape index (κ1) is 19.3. The molecule has 1 N–H and O–H groups in total. The second-order valence-electron chi connectivity index (χ2n) is 6.58. The molecule has 0 bridgehead atoms. The van der Waals surface area contributed by atoms with Gasteiger partial charge < -0.3 is 19.5 Å². The number of amides is 1. The van der Waals surface area contributed by atoms with Crippen LogP contribution in [0.2, 0.25) is 5.02 Å². The van der Waals surface area contributed by atoms with Crippen LogP contribution >= 0.6 is 11.6 Å². The number of hydrogen-bond donors (Lipinski definition) is 1. The Balaban J connectivity index is 1.73. The molecule has 6 nitrogen and oxygen atoms in total. The number of anilines is 1. The number of nitrogens with zero attached hydrogens (tertiary/aromatic N) is 2. The lowest BCUT2D eigenvalue weighted by Gasteiger charge is -2.36. The molecule has 0 spiro atoms. The Morgan fingerprint density at radius 3 is 2.44 bits per heavy atom. The van der Waals surface area contributed by atoms with Gasteiger partial charge in [-0.25, -0.2) is 4.79 Å². The number of esters is 1. The van der Waals surface area contributed by atoms with Gasteiger partial charge in [-0.3, -0.25) is 4.79 Å². The molecule has 1 aromatic heterocycles. The quantitative estimate of drug-likeness (QED) is 0.813. The number of benzene rings is 1. The van der Waals surface area contributed by atoms with Crippen molar-refractivity contribution in [2.75, 3.05) is 37.7 Å². The van der Waals surface area contributed by atoms with E-state index < -0.39 is 5.97 Å². The molecule has 2 aromatic rings. The van der Waals surface area contributed by atoms with Crippen LogP contribution in [0.25, 0.3) is 0 Å². The van der Waals surface area contributed by atoms with Gasteiger partial charge in [-0.05, 0) is 38.5 Å². The second-order valence-corrected chi connectivity index (χ2v) is 6.98. The van der Waals surface area contributed by atoms with E-state index in [9.17, 15) is 9.59 Å². The fourth-order valence-corrected chi connectivity index (χ4v) is 3.75. The van der Waals surface area contributed by atoms with E-state index in [1.807, 2.05) is 36.1 Å². The molecule has 0 radical (unpaired) electrons. The van der Waals surface area contributed by atoms with Crippen molar-refractivity contribution in [3.63, 3.8) is 0 Å². The molecule has 0 saturated carbocycles. The molecule has 2 heterocycles. The number of ether oxygens (including phenoxy) is 1. The first-order chi connectivity index (χ1) is 12.9. The van der Waals surface area contributed by atoms with Crippen LogP contribution in [0.4, 0.5) is 5.69 Å². The average Bonchev–Trinajstić information content (AvgIpc) is 2.96. The zero-order valence-corrected chi connectivity index (χ0v) is 16.6. The summed E-state index contributed by atoms with van der Waals surface area (Å²) in [7, 11) is 0. The van der Waals surface area contributed by atoms with Crippen LogP contribution in [-0.4, -0.2) is 54.5 Å². The van der Waals surface area contributed by atoms with Gasteiger partial charge in [0.15, 0.2) is 0 Å². The summed E-state index contributed by atoms with van der Waals surface area (Å²) in [6.07, 6.45) is 0. The minimum Gasteiger partial charge on any atom is -0.461 e. The summed E-state index contributed by atoms with van der Waals surface area (Å²) in [5, 5.41) is 0.716. The number of para-hydroxylation sites is 1. The highest BCUT2D eigenvalue weighted by molar-refractivity contribution is 6.33. The molecule has 0 atom stereocenters. The maximum atomic E-state index is 13.1. The number of hydrogen-bond acceptors (Lipinski definition) is 4. The van der Waals surface area contributed by atoms with Crippen molar-refractivity contribution >= 4 is 29.2 Å². The van der Waals surface area contributed by atoms with E-state index in [1.54, 1.807) is 13.8 Å². The van der Waals surface area contributed by atoms with E-state index in [2.05, 4.69) is 9.88 Å². The molecule has 1 aliphatic rings. The topological polar surface area (TPSA) is 65.6 Å². The van der Waals surface area contributed by atoms with Crippen molar-refractivity contribution in [1.82, 2.24) is 9.88 Å². The smallest absolute Gasteiger partial charge is 0.355 e. The number of carbonyl (C=O) groups is 2. The second kappa shape index (κ2) is 8.05. The molecule has 1 fully saturated rings. The SMILES string of the molecule is CCOC(=O)c1[nH]c(C)c(C(=O)N2CCN(c3ccccc3Cl)CC2)c1C. The Hall–Kier alpha value is -2.47. The number of piperazine rings is 1. The van der Waals surface area contributed by atoms with E-state index >= 15 is 0 Å². The molecule has 1 amide bonds. The van der Waals surface area contributed by atoms with Gasteiger partial charge in [0, 0.05) is 31.9 Å². The van der Waals surface area contributed by atoms with Crippen molar-refractivity contribution in [3.8, 4) is 0 Å². The third kappa shape index (κ3) is 3.81. The number of carbonyl (C=O) groups excluding carboxylic acids is 2. The maximum absolute atomic E-state index is 13.1. The molecule has 144 valence electrons. The molecule has 3 rings (SSSR count). The van der Waals surface area contributed by atoms with Crippen LogP contribution in [0.15, 0.2) is 24.3 Å². The lowest BCUT2D eigenvalue weighted by Crippen LogP contribution is -2.49. The zero-order valence-electron chi connectivity index (χ0n) is 15.8. The van der Waals surface area contributed by atoms with Gasteiger partial charge in [-0.1, -0.05) is 23.7 Å². The normalized spacial score (nSPS) is 14.4. The van der Waals surface area contributed by atoms with Crippen molar-refractivity contribution in [3.05, 3.63) is 51.8 Å². The Labute approximate surface area is 164 Å². The summed E-state index contributed by atoms with van der Waals surface area (Å²) < 4.78 is 5.06. The van der Waals surface area contributed by atoms with Crippen LogP contribution in [0.3, 0.4) is 0 Å². The van der Waals surface area contributed by atoms with E-state index in [1.165, 1.54) is 0 Å². The number of H-pyrrole nitrogens is 1. The lowest BCUT2D eigenvalue weighted by atomic mass is 10.1. The van der Waals surface area contributed by atoms with Crippen molar-refractivity contribution in [1.29, 1.82) is 0 Å². The molecular weight excluding hydrogens is 366 g/mol. The fourth-order valence-electron chi connectivity index (χ4n) is 3.49. The number of aromatic nitrogens is 1. The Morgan fingerprint density at radius 2 is 1.81 bits per heavy atom. The number of nitrogens with one attached hydrogen (secondary N) is 1. The van der Waals surface area contributed by atoms with Crippen LogP contribution in [0.1, 0.15) is 39.0 Å². The largest absolute Gasteiger partial charge is 0.461 e. The molecule has 27 heavy (non-hydrogen) atoms. The standard InChI is InChI=1S/C20H24ClN3O3/c1-4-27-20(26)18-13(2)17(14(3)22-18)19(25)24-11-9-23(10-12-24)16-8-6-5-7-15(16)21/h5-8,22H,4,9-12H2,1-3H3. The minimum absolute atomic E-state index is 0.0596. The molecule has 7 heteroatoms. The van der Waals surface area contributed by atoms with Crippen LogP contribution in [0, 0.1) is 13.8 Å². The van der Waals surface area contributed by atoms with E-state index in [0.717, 1.165) is 5.69 Å². The Morgan fingerprint density at radius 1 is 1.15 bits per heavy atom. The average molecular weight is 390 g/mol. The first-order valence-electron chi connectivity index (χ1n) is 9.09. The predicted octanol–water partition coefficient (Wildman–Crippen LogP) is 3.42. The lowest BCUT2D eigenvalue weighted by molar-refractivity contribution is 0.0519. The summed E-state index contributed by atoms with van der Waals surface area (Å²) in [6, 6.07) is 7.73. The Bertz CT molecular complexity index is 854. The first-order valence-corrected chi connectivity index (χ1v) is 9.46. The van der Waals surface area contributed by atoms with Gasteiger partial charge in [0.1, 0.15) is 5.69 Å². The van der Waals surface area contributed by atoms with Crippen molar-refractivity contribution in [2.24, 2.45) is 0 Å². The highest BCUT2D eigenvalue weighted by Gasteiger charge is 2.28. The van der Waals surface area contributed by atoms with Gasteiger partial charge >= 0.3 is 5.97 Å². The minimum atomic E-state index is -0.430. The Kier molecular flexibility index (Phi) is 5.75. The number of aromatic amines is 1. The van der Waals surface area contributed by atoms with Gasteiger partial charge in [-0.15, -0.1) is 0 Å². The summed E-state index contributed by atoms with van der Waals surface area (Å²) in [5.74, 6) is -0.490. The van der Waals surface area contributed by atoms with Crippen molar-refractivity contribution in [2.45, 2.75) is 20.8 Å². The van der Waals surface area contributed by atoms with Crippen molar-refractivity contribution < 1.29 is 14.3 Å². The predicted molar refractivity (Wildman–Crippen MR) is 106 cm³/mol. The monoisotopic (exact) mass is 389 g/mol. The molecule has 0 aliphatic carbocycles. The molecular formula is C20H24ClN3O3. The zero-order chi connectivity index (χ0) is 19.6. The maximum Gasteiger partial charge on any atom is 0.355 e. The molecule has 1 saturated heterocycles. The summed E-state index contributed by atoms with van der Waals surface area (Å²) in [5.41, 5.74) is 3.24. The molecule has 1 aromatic carbocycles. The summed E-state index contributed by atoms with van der Waals surface area (Å²) >= 11 is 6.28. The molecule has 1 aliphatic heterocycles. The molecule has 0 unspecified atom stereocenters. The highest BCUT2D eigenvalue weighted by atomic mass is 35.5. The van der Waals surface area contributed by atoms with Gasteiger partial charge in [0.2, 0.25) is 0 Å². The fraction of sp³-hybridized carbons (Fsp3) is 0.400. The number of aryl methyl sites for hydroxylation is 1. The van der Waals surface area contributed by atoms with Gasteiger partial charge in [0.25, 0.3) is 5.91 Å². The van der Waals surface area contributed by atoms with Crippen LogP contribution in [0.5, 0.6) is 0 Å². The number of halogens is 1. The third-order valence-electron chi connectivity index (χ3n) is 4.89. The summed E-state index contributed by atoms with van der Waals surface area (Å²) in [6.45, 7) is 8.26. The van der Waals surface area contributed by atoms with Crippen LogP contribution < -0.4 is 4.90 Å². The van der Waals surface area contributed by atoms with E-state index in [-0.39, 0.29) is 5.91 Å². The third-order valence-corrected chi connectivity index (χ3v) is 5.21.